The van der Waals surface area contributed by atoms with E-state index < -0.39 is 0 Å². The van der Waals surface area contributed by atoms with Gasteiger partial charge in [0, 0.05) is 5.75 Å². The Morgan fingerprint density at radius 1 is 1.54 bits per heavy atom. The molecule has 1 N–H and O–H groups in total. The maximum Gasteiger partial charge on any atom is 0.324 e. The van der Waals surface area contributed by atoms with Gasteiger partial charge in [0.05, 0.1) is 19.3 Å². The summed E-state index contributed by atoms with van der Waals surface area (Å²) in [5.74, 6) is 0.299. The van der Waals surface area contributed by atoms with Gasteiger partial charge < -0.3 is 9.64 Å². The van der Waals surface area contributed by atoms with E-state index in [9.17, 15) is 9.18 Å². The number of rotatable bonds is 4. The predicted molar refractivity (Wildman–Crippen MR) is 89.1 cm³/mol. The molecule has 10 heteroatoms. The van der Waals surface area contributed by atoms with Gasteiger partial charge in [0.1, 0.15) is 12.4 Å². The second-order valence-corrected chi connectivity index (χ2v) is 7.07. The Bertz CT molecular complexity index is 793. The van der Waals surface area contributed by atoms with Gasteiger partial charge in [0.15, 0.2) is 11.9 Å². The quantitative estimate of drug-likeness (QED) is 0.607. The van der Waals surface area contributed by atoms with E-state index in [-0.39, 0.29) is 17.0 Å². The van der Waals surface area contributed by atoms with Crippen LogP contribution < -0.4 is 4.90 Å². The SMILES string of the molecule is COC(=O)[C@H]1C[NH+](Cn2nnn(-c3cccc(F)c3)c2=S)CCS1. The van der Waals surface area contributed by atoms with Gasteiger partial charge in [-0.1, -0.05) is 6.07 Å². The van der Waals surface area contributed by atoms with E-state index in [1.807, 2.05) is 0 Å². The number of halogens is 1. The topological polar surface area (TPSA) is 66.4 Å². The third-order valence-corrected chi connectivity index (χ3v) is 5.36. The summed E-state index contributed by atoms with van der Waals surface area (Å²) in [6.45, 7) is 2.04. The Morgan fingerprint density at radius 3 is 3.12 bits per heavy atom. The number of tetrazole rings is 1. The number of aromatic nitrogens is 4. The largest absolute Gasteiger partial charge is 0.468 e. The van der Waals surface area contributed by atoms with Gasteiger partial charge in [0.2, 0.25) is 4.77 Å². The molecule has 7 nitrogen and oxygen atoms in total. The number of ether oxygens (including phenoxy) is 1. The first-order valence-electron chi connectivity index (χ1n) is 7.40. The summed E-state index contributed by atoms with van der Waals surface area (Å²) in [7, 11) is 1.40. The summed E-state index contributed by atoms with van der Waals surface area (Å²) in [4.78, 5) is 12.9. The number of benzene rings is 1. The zero-order valence-corrected chi connectivity index (χ0v) is 14.6. The third kappa shape index (κ3) is 3.65. The number of methoxy groups -OCH3 is 1. The highest BCUT2D eigenvalue weighted by molar-refractivity contribution is 8.00. The van der Waals surface area contributed by atoms with E-state index in [0.29, 0.717) is 23.7 Å². The second kappa shape index (κ2) is 7.41. The molecule has 2 atom stereocenters. The second-order valence-electron chi connectivity index (χ2n) is 5.40. The molecule has 3 rings (SSSR count). The molecule has 1 aromatic carbocycles. The monoisotopic (exact) mass is 370 g/mol. The minimum atomic E-state index is -0.358. The van der Waals surface area contributed by atoms with Gasteiger partial charge in [-0.25, -0.2) is 4.39 Å². The minimum absolute atomic E-state index is 0.175. The highest BCUT2D eigenvalue weighted by Gasteiger charge is 2.30. The van der Waals surface area contributed by atoms with Crippen LogP contribution in [0.1, 0.15) is 0 Å². The molecule has 0 saturated carbocycles. The van der Waals surface area contributed by atoms with E-state index in [0.717, 1.165) is 12.3 Å². The van der Waals surface area contributed by atoms with Crippen molar-refractivity contribution in [3.63, 3.8) is 0 Å². The van der Waals surface area contributed by atoms with Crippen LogP contribution >= 0.6 is 24.0 Å². The number of carbonyl (C=O) groups is 1. The van der Waals surface area contributed by atoms with Crippen LogP contribution in [0.4, 0.5) is 4.39 Å². The van der Waals surface area contributed by atoms with E-state index in [2.05, 4.69) is 10.4 Å². The van der Waals surface area contributed by atoms with Crippen molar-refractivity contribution in [2.75, 3.05) is 26.0 Å². The molecule has 0 aliphatic carbocycles. The normalized spacial score (nSPS) is 20.8. The Kier molecular flexibility index (Phi) is 5.27. The van der Waals surface area contributed by atoms with Crippen molar-refractivity contribution in [2.24, 2.45) is 0 Å². The number of nitrogens with zero attached hydrogens (tertiary/aromatic N) is 4. The number of carbonyl (C=O) groups excluding carboxylic acids is 1. The first-order chi connectivity index (χ1) is 11.6. The van der Waals surface area contributed by atoms with Crippen molar-refractivity contribution >= 4 is 29.9 Å². The van der Waals surface area contributed by atoms with Crippen LogP contribution in [-0.2, 0) is 16.2 Å². The third-order valence-electron chi connectivity index (χ3n) is 3.78. The number of hydrogen-bond donors (Lipinski definition) is 1. The molecule has 1 saturated heterocycles. The van der Waals surface area contributed by atoms with Crippen molar-refractivity contribution in [1.29, 1.82) is 0 Å². The molecular weight excluding hydrogens is 353 g/mol. The molecule has 2 aromatic rings. The van der Waals surface area contributed by atoms with Crippen LogP contribution in [0.2, 0.25) is 0 Å². The van der Waals surface area contributed by atoms with Crippen LogP contribution in [-0.4, -0.2) is 57.0 Å². The summed E-state index contributed by atoms with van der Waals surface area (Å²) in [6.07, 6.45) is 0. The molecule has 1 unspecified atom stereocenters. The summed E-state index contributed by atoms with van der Waals surface area (Å²) in [5, 5.41) is 7.90. The lowest BCUT2D eigenvalue weighted by Gasteiger charge is -2.27. The molecule has 1 aromatic heterocycles. The average Bonchev–Trinajstić information content (AvgIpc) is 2.95. The van der Waals surface area contributed by atoms with Crippen molar-refractivity contribution in [3.05, 3.63) is 34.9 Å². The molecule has 1 aliphatic heterocycles. The predicted octanol–water partition coefficient (Wildman–Crippen LogP) is 0.0682. The van der Waals surface area contributed by atoms with E-state index in [4.69, 9.17) is 17.0 Å². The summed E-state index contributed by atoms with van der Waals surface area (Å²) in [5.41, 5.74) is 0.530. The zero-order chi connectivity index (χ0) is 17.1. The molecule has 2 heterocycles. The van der Waals surface area contributed by atoms with Crippen LogP contribution in [0.5, 0.6) is 0 Å². The zero-order valence-electron chi connectivity index (χ0n) is 13.0. The molecule has 0 amide bonds. The molecule has 1 aliphatic rings. The average molecular weight is 370 g/mol. The summed E-state index contributed by atoms with van der Waals surface area (Å²) in [6, 6.07) is 6.03. The fraction of sp³-hybridized carbons (Fsp3) is 0.429. The molecule has 0 radical (unpaired) electrons. The first kappa shape index (κ1) is 17.1. The maximum absolute atomic E-state index is 13.4. The number of hydrogen-bond acceptors (Lipinski definition) is 6. The Labute approximate surface area is 147 Å². The molecule has 128 valence electrons. The lowest BCUT2D eigenvalue weighted by molar-refractivity contribution is -0.921. The summed E-state index contributed by atoms with van der Waals surface area (Å²) >= 11 is 7.00. The van der Waals surface area contributed by atoms with E-state index >= 15 is 0 Å². The van der Waals surface area contributed by atoms with Crippen LogP contribution in [0.3, 0.4) is 0 Å². The molecule has 0 spiro atoms. The number of nitrogens with one attached hydrogen (secondary N) is 1. The van der Waals surface area contributed by atoms with Gasteiger partial charge in [-0.05, 0) is 40.8 Å². The standard InChI is InChI=1S/C14H16FN5O2S2/c1-22-13(21)12-8-18(5-6-24-12)9-19-14(23)20(17-16-19)11-4-2-3-10(15)7-11/h2-4,7,12H,5-6,8-9H2,1H3/p+1/t12-/m1/s1. The smallest absolute Gasteiger partial charge is 0.324 e. The van der Waals surface area contributed by atoms with E-state index in [1.165, 1.54) is 28.8 Å². The van der Waals surface area contributed by atoms with Crippen LogP contribution in [0.25, 0.3) is 5.69 Å². The Hall–Kier alpha value is -1.78. The maximum atomic E-state index is 13.4. The Morgan fingerprint density at radius 2 is 2.38 bits per heavy atom. The molecule has 1 fully saturated rings. The fourth-order valence-corrected chi connectivity index (χ4v) is 4.07. The fourth-order valence-electron chi connectivity index (χ4n) is 2.55. The van der Waals surface area contributed by atoms with Crippen molar-refractivity contribution < 1.29 is 18.8 Å². The van der Waals surface area contributed by atoms with Gasteiger partial charge >= 0.3 is 5.97 Å². The lowest BCUT2D eigenvalue weighted by atomic mass is 10.3. The van der Waals surface area contributed by atoms with Crippen LogP contribution in [0, 0.1) is 10.6 Å². The van der Waals surface area contributed by atoms with Gasteiger partial charge in [-0.3, -0.25) is 4.79 Å². The summed E-state index contributed by atoms with van der Waals surface area (Å²) < 4.78 is 21.6. The lowest BCUT2D eigenvalue weighted by Crippen LogP contribution is -3.14. The molecule has 0 bridgehead atoms. The number of quaternary nitrogens is 1. The van der Waals surface area contributed by atoms with Gasteiger partial charge in [-0.2, -0.15) is 9.36 Å². The van der Waals surface area contributed by atoms with Gasteiger partial charge in [0.25, 0.3) is 0 Å². The van der Waals surface area contributed by atoms with E-state index in [1.54, 1.807) is 28.6 Å². The molecular formula is C14H17FN5O2S2+. The molecule has 24 heavy (non-hydrogen) atoms. The first-order valence-corrected chi connectivity index (χ1v) is 8.86. The van der Waals surface area contributed by atoms with Crippen LogP contribution in [0.15, 0.2) is 24.3 Å². The Balaban J connectivity index is 1.75. The van der Waals surface area contributed by atoms with Gasteiger partial charge in [-0.15, -0.1) is 11.8 Å². The van der Waals surface area contributed by atoms with Crippen molar-refractivity contribution in [1.82, 2.24) is 19.8 Å². The van der Waals surface area contributed by atoms with Crippen molar-refractivity contribution in [2.45, 2.75) is 11.9 Å². The highest BCUT2D eigenvalue weighted by atomic mass is 32.2. The number of esters is 1. The minimum Gasteiger partial charge on any atom is -0.468 e. The highest BCUT2D eigenvalue weighted by Crippen LogP contribution is 2.13. The van der Waals surface area contributed by atoms with Crippen molar-refractivity contribution in [3.8, 4) is 5.69 Å². The number of thioether (sulfide) groups is 1.